The molecule has 1 N–H and O–H groups in total. The number of pyridine rings is 1. The number of methoxy groups -OCH3 is 1. The molecule has 15 heavy (non-hydrogen) atoms. The van der Waals surface area contributed by atoms with E-state index in [0.29, 0.717) is 0 Å². The average molecular weight is 282 g/mol. The van der Waals surface area contributed by atoms with Gasteiger partial charge in [0.1, 0.15) is 4.60 Å². The number of hydrogen-bond acceptors (Lipinski definition) is 4. The highest BCUT2D eigenvalue weighted by molar-refractivity contribution is 9.10. The van der Waals surface area contributed by atoms with Gasteiger partial charge in [-0.25, -0.2) is 18.6 Å². The summed E-state index contributed by atoms with van der Waals surface area (Å²) >= 11 is 2.85. The largest absolute Gasteiger partial charge is 0.505 e. The van der Waals surface area contributed by atoms with Crippen molar-refractivity contribution in [1.82, 2.24) is 4.98 Å². The number of rotatable bonds is 2. The molecular formula is C8H6BrF2NO3. The summed E-state index contributed by atoms with van der Waals surface area (Å²) in [5.41, 5.74) is -1.21. The van der Waals surface area contributed by atoms with Gasteiger partial charge in [-0.3, -0.25) is 0 Å². The predicted octanol–water partition coefficient (Wildman–Crippen LogP) is 2.27. The van der Waals surface area contributed by atoms with E-state index in [1.165, 1.54) is 0 Å². The minimum Gasteiger partial charge on any atom is -0.505 e. The fourth-order valence-electron chi connectivity index (χ4n) is 0.931. The molecule has 4 nitrogen and oxygen atoms in total. The van der Waals surface area contributed by atoms with Crippen LogP contribution in [0.3, 0.4) is 0 Å². The fourth-order valence-corrected chi connectivity index (χ4v) is 1.35. The smallest absolute Gasteiger partial charge is 0.360 e. The van der Waals surface area contributed by atoms with Crippen molar-refractivity contribution in [2.45, 2.75) is 6.43 Å². The molecule has 1 aromatic heterocycles. The summed E-state index contributed by atoms with van der Waals surface area (Å²) in [6, 6.07) is 0.937. The van der Waals surface area contributed by atoms with E-state index in [2.05, 4.69) is 25.7 Å². The van der Waals surface area contributed by atoms with Crippen molar-refractivity contribution >= 4 is 21.9 Å². The maximum atomic E-state index is 12.4. The van der Waals surface area contributed by atoms with Crippen LogP contribution in [0.5, 0.6) is 5.75 Å². The SMILES string of the molecule is COC(=O)c1nc(Br)cc(C(F)F)c1O. The molecule has 0 aromatic carbocycles. The van der Waals surface area contributed by atoms with E-state index in [-0.39, 0.29) is 4.60 Å². The van der Waals surface area contributed by atoms with Crippen molar-refractivity contribution in [2.75, 3.05) is 7.11 Å². The third kappa shape index (κ3) is 2.41. The lowest BCUT2D eigenvalue weighted by atomic mass is 10.2. The van der Waals surface area contributed by atoms with E-state index >= 15 is 0 Å². The summed E-state index contributed by atoms with van der Waals surface area (Å²) in [6.45, 7) is 0. The van der Waals surface area contributed by atoms with Crippen molar-refractivity contribution < 1.29 is 23.4 Å². The van der Waals surface area contributed by atoms with Crippen molar-refractivity contribution in [1.29, 1.82) is 0 Å². The van der Waals surface area contributed by atoms with Crippen LogP contribution < -0.4 is 0 Å². The van der Waals surface area contributed by atoms with E-state index in [4.69, 9.17) is 0 Å². The van der Waals surface area contributed by atoms with E-state index in [1.807, 2.05) is 0 Å². The van der Waals surface area contributed by atoms with Gasteiger partial charge in [-0.05, 0) is 22.0 Å². The monoisotopic (exact) mass is 281 g/mol. The molecule has 0 amide bonds. The Morgan fingerprint density at radius 3 is 2.73 bits per heavy atom. The van der Waals surface area contributed by atoms with Crippen molar-refractivity contribution in [3.8, 4) is 5.75 Å². The van der Waals surface area contributed by atoms with Gasteiger partial charge in [0, 0.05) is 0 Å². The summed E-state index contributed by atoms with van der Waals surface area (Å²) in [5, 5.41) is 9.32. The second-order valence-electron chi connectivity index (χ2n) is 2.52. The van der Waals surface area contributed by atoms with Crippen LogP contribution in [0.25, 0.3) is 0 Å². The number of esters is 1. The van der Waals surface area contributed by atoms with Crippen LogP contribution in [0.1, 0.15) is 22.5 Å². The first kappa shape index (κ1) is 11.8. The first-order valence-corrected chi connectivity index (χ1v) is 4.52. The minimum absolute atomic E-state index is 0.0241. The Labute approximate surface area is 92.0 Å². The van der Waals surface area contributed by atoms with Gasteiger partial charge in [-0.2, -0.15) is 0 Å². The predicted molar refractivity (Wildman–Crippen MR) is 49.9 cm³/mol. The molecule has 1 aromatic rings. The zero-order valence-electron chi connectivity index (χ0n) is 7.50. The highest BCUT2D eigenvalue weighted by atomic mass is 79.9. The molecule has 0 aliphatic carbocycles. The van der Waals surface area contributed by atoms with Crippen LogP contribution in [0.15, 0.2) is 10.7 Å². The maximum Gasteiger partial charge on any atom is 0.360 e. The van der Waals surface area contributed by atoms with E-state index < -0.39 is 29.4 Å². The Morgan fingerprint density at radius 2 is 2.27 bits per heavy atom. The standard InChI is InChI=1S/C8H6BrF2NO3/c1-15-8(14)5-6(13)3(7(10)11)2-4(9)12-5/h2,7,13H,1H3. The lowest BCUT2D eigenvalue weighted by Gasteiger charge is -2.07. The molecule has 7 heteroatoms. The molecule has 0 fully saturated rings. The van der Waals surface area contributed by atoms with Crippen LogP contribution in [-0.4, -0.2) is 23.2 Å². The Balaban J connectivity index is 3.34. The van der Waals surface area contributed by atoms with Gasteiger partial charge in [0.15, 0.2) is 11.4 Å². The second-order valence-corrected chi connectivity index (χ2v) is 3.34. The summed E-state index contributed by atoms with van der Waals surface area (Å²) in [7, 11) is 1.06. The average Bonchev–Trinajstić information content (AvgIpc) is 2.19. The molecule has 1 heterocycles. The number of aromatic hydroxyl groups is 1. The van der Waals surface area contributed by atoms with Crippen LogP contribution in [-0.2, 0) is 4.74 Å². The maximum absolute atomic E-state index is 12.4. The number of carbonyl (C=O) groups is 1. The highest BCUT2D eigenvalue weighted by Gasteiger charge is 2.22. The molecule has 0 unspecified atom stereocenters. The third-order valence-corrected chi connectivity index (χ3v) is 2.01. The van der Waals surface area contributed by atoms with Crippen molar-refractivity contribution in [3.63, 3.8) is 0 Å². The third-order valence-electron chi connectivity index (χ3n) is 1.60. The fraction of sp³-hybridized carbons (Fsp3) is 0.250. The summed E-state index contributed by atoms with van der Waals surface area (Å²) in [6.07, 6.45) is -2.90. The Hall–Kier alpha value is -1.24. The second kappa shape index (κ2) is 4.52. The number of halogens is 3. The van der Waals surface area contributed by atoms with E-state index in [9.17, 15) is 18.7 Å². The summed E-state index contributed by atoms with van der Waals surface area (Å²) in [4.78, 5) is 14.6. The van der Waals surface area contributed by atoms with Crippen molar-refractivity contribution in [3.05, 3.63) is 21.9 Å². The van der Waals surface area contributed by atoms with Crippen LogP contribution >= 0.6 is 15.9 Å². The molecule has 0 radical (unpaired) electrons. The quantitative estimate of drug-likeness (QED) is 0.667. The van der Waals surface area contributed by atoms with Crippen LogP contribution in [0, 0.1) is 0 Å². The first-order chi connectivity index (χ1) is 6.97. The lowest BCUT2D eigenvalue weighted by Crippen LogP contribution is -2.06. The highest BCUT2D eigenvalue weighted by Crippen LogP contribution is 2.32. The number of alkyl halides is 2. The van der Waals surface area contributed by atoms with Gasteiger partial charge < -0.3 is 9.84 Å². The topological polar surface area (TPSA) is 59.4 Å². The molecule has 0 bridgehead atoms. The Morgan fingerprint density at radius 1 is 1.67 bits per heavy atom. The van der Waals surface area contributed by atoms with E-state index in [1.54, 1.807) is 0 Å². The Bertz CT molecular complexity index is 398. The zero-order valence-corrected chi connectivity index (χ0v) is 9.09. The number of nitrogens with zero attached hydrogens (tertiary/aromatic N) is 1. The summed E-state index contributed by atoms with van der Waals surface area (Å²) in [5.74, 6) is -1.84. The molecule has 82 valence electrons. The van der Waals surface area contributed by atoms with Gasteiger partial charge in [0.2, 0.25) is 0 Å². The van der Waals surface area contributed by atoms with Gasteiger partial charge >= 0.3 is 5.97 Å². The molecule has 0 saturated carbocycles. The zero-order chi connectivity index (χ0) is 11.6. The number of hydrogen-bond donors (Lipinski definition) is 1. The molecule has 0 spiro atoms. The normalized spacial score (nSPS) is 10.5. The van der Waals surface area contributed by atoms with Gasteiger partial charge in [-0.1, -0.05) is 0 Å². The van der Waals surface area contributed by atoms with Gasteiger partial charge in [0.05, 0.1) is 12.7 Å². The molecule has 0 aliphatic rings. The molecule has 1 rings (SSSR count). The van der Waals surface area contributed by atoms with Gasteiger partial charge in [-0.15, -0.1) is 0 Å². The van der Waals surface area contributed by atoms with Gasteiger partial charge in [0.25, 0.3) is 6.43 Å². The Kier molecular flexibility index (Phi) is 3.57. The lowest BCUT2D eigenvalue weighted by molar-refractivity contribution is 0.0589. The minimum atomic E-state index is -2.90. The molecular weight excluding hydrogens is 276 g/mol. The van der Waals surface area contributed by atoms with Crippen LogP contribution in [0.4, 0.5) is 8.78 Å². The number of ether oxygens (including phenoxy) is 1. The number of carbonyl (C=O) groups excluding carboxylic acids is 1. The molecule has 0 aliphatic heterocycles. The van der Waals surface area contributed by atoms with Crippen molar-refractivity contribution in [2.24, 2.45) is 0 Å². The van der Waals surface area contributed by atoms with E-state index in [0.717, 1.165) is 13.2 Å². The first-order valence-electron chi connectivity index (χ1n) is 3.73. The van der Waals surface area contributed by atoms with Crippen LogP contribution in [0.2, 0.25) is 0 Å². The molecule has 0 atom stereocenters. The molecule has 0 saturated heterocycles. The summed E-state index contributed by atoms with van der Waals surface area (Å²) < 4.78 is 29.1. The number of aromatic nitrogens is 1.